The molecule has 2 aliphatic heterocycles. The number of piperidine rings is 2. The molecule has 2 aromatic rings. The van der Waals surface area contributed by atoms with Gasteiger partial charge in [0.15, 0.2) is 0 Å². The first-order valence-corrected chi connectivity index (χ1v) is 11.8. The molecule has 2 saturated heterocycles. The predicted molar refractivity (Wildman–Crippen MR) is 121 cm³/mol. The van der Waals surface area contributed by atoms with E-state index in [-0.39, 0.29) is 17.7 Å². The van der Waals surface area contributed by atoms with Crippen LogP contribution in [0.2, 0.25) is 0 Å². The number of carbonyl (C=O) groups is 2. The second-order valence-corrected chi connectivity index (χ2v) is 9.24. The first kappa shape index (κ1) is 21.5. The highest BCUT2D eigenvalue weighted by Gasteiger charge is 2.31. The van der Waals surface area contributed by atoms with Gasteiger partial charge in [-0.2, -0.15) is 5.26 Å². The highest BCUT2D eigenvalue weighted by Crippen LogP contribution is 2.33. The second kappa shape index (κ2) is 10.0. The van der Waals surface area contributed by atoms with E-state index < -0.39 is 0 Å². The van der Waals surface area contributed by atoms with E-state index in [0.717, 1.165) is 48.6 Å². The third kappa shape index (κ3) is 4.94. The van der Waals surface area contributed by atoms with Crippen molar-refractivity contribution in [1.82, 2.24) is 9.80 Å². The Kier molecular flexibility index (Phi) is 6.93. The van der Waals surface area contributed by atoms with Crippen molar-refractivity contribution >= 4 is 23.6 Å². The summed E-state index contributed by atoms with van der Waals surface area (Å²) in [5, 5.41) is 9.37. The molecular formula is C25H27N3O2S. The van der Waals surface area contributed by atoms with E-state index in [1.54, 1.807) is 6.07 Å². The first-order valence-electron chi connectivity index (χ1n) is 11.0. The van der Waals surface area contributed by atoms with Crippen molar-refractivity contribution in [2.24, 2.45) is 5.92 Å². The summed E-state index contributed by atoms with van der Waals surface area (Å²) in [5.41, 5.74) is 1.26. The fourth-order valence-corrected chi connectivity index (χ4v) is 5.39. The molecule has 2 aromatic carbocycles. The molecule has 4 rings (SSSR count). The second-order valence-electron chi connectivity index (χ2n) is 8.16. The van der Waals surface area contributed by atoms with Crippen LogP contribution < -0.4 is 0 Å². The van der Waals surface area contributed by atoms with Gasteiger partial charge in [-0.25, -0.2) is 0 Å². The molecule has 0 unspecified atom stereocenters. The summed E-state index contributed by atoms with van der Waals surface area (Å²) in [6.45, 7) is 2.98. The maximum absolute atomic E-state index is 13.3. The fraction of sp³-hybridized carbons (Fsp3) is 0.400. The van der Waals surface area contributed by atoms with E-state index in [1.165, 1.54) is 18.2 Å². The van der Waals surface area contributed by atoms with Crippen LogP contribution in [0.3, 0.4) is 0 Å². The first-order chi connectivity index (χ1) is 15.2. The zero-order chi connectivity index (χ0) is 21.6. The van der Waals surface area contributed by atoms with Crippen LogP contribution in [0.5, 0.6) is 0 Å². The summed E-state index contributed by atoms with van der Waals surface area (Å²) in [4.78, 5) is 31.7. The van der Waals surface area contributed by atoms with Crippen LogP contribution >= 0.6 is 11.8 Å². The number of carbonyl (C=O) groups excluding carboxylic acids is 2. The molecule has 5 nitrogen and oxygen atoms in total. The minimum absolute atomic E-state index is 0.00131. The lowest BCUT2D eigenvalue weighted by Gasteiger charge is -2.35. The van der Waals surface area contributed by atoms with Gasteiger partial charge >= 0.3 is 0 Å². The summed E-state index contributed by atoms with van der Waals surface area (Å²) in [6, 6.07) is 17.2. The van der Waals surface area contributed by atoms with Gasteiger partial charge in [-0.1, -0.05) is 36.0 Å². The highest BCUT2D eigenvalue weighted by atomic mass is 32.2. The fourth-order valence-electron chi connectivity index (χ4n) is 4.37. The van der Waals surface area contributed by atoms with Gasteiger partial charge in [0.25, 0.3) is 5.91 Å². The largest absolute Gasteiger partial charge is 0.342 e. The van der Waals surface area contributed by atoms with Gasteiger partial charge in [-0.05, 0) is 56.4 Å². The Morgan fingerprint density at radius 3 is 2.19 bits per heavy atom. The minimum Gasteiger partial charge on any atom is -0.342 e. The number of hydrogen-bond donors (Lipinski definition) is 0. The molecule has 2 fully saturated rings. The number of rotatable bonds is 4. The lowest BCUT2D eigenvalue weighted by Crippen LogP contribution is -2.45. The number of hydrogen-bond acceptors (Lipinski definition) is 4. The van der Waals surface area contributed by atoms with Crippen LogP contribution in [0.4, 0.5) is 0 Å². The van der Waals surface area contributed by atoms with Crippen LogP contribution in [0.15, 0.2) is 58.3 Å². The summed E-state index contributed by atoms with van der Waals surface area (Å²) >= 11 is 1.45. The predicted octanol–water partition coefficient (Wildman–Crippen LogP) is 4.57. The quantitative estimate of drug-likeness (QED) is 0.708. The van der Waals surface area contributed by atoms with Crippen molar-refractivity contribution in [2.45, 2.75) is 41.9 Å². The van der Waals surface area contributed by atoms with E-state index in [9.17, 15) is 14.9 Å². The smallest absolute Gasteiger partial charge is 0.255 e. The maximum atomic E-state index is 13.3. The normalized spacial score (nSPS) is 17.3. The van der Waals surface area contributed by atoms with Crippen molar-refractivity contribution in [2.75, 3.05) is 26.2 Å². The van der Waals surface area contributed by atoms with Gasteiger partial charge in [0, 0.05) is 41.9 Å². The number of amides is 2. The zero-order valence-corrected chi connectivity index (χ0v) is 18.4. The van der Waals surface area contributed by atoms with E-state index >= 15 is 0 Å². The summed E-state index contributed by atoms with van der Waals surface area (Å²) in [6.07, 6.45) is 4.88. The molecule has 2 amide bonds. The molecule has 31 heavy (non-hydrogen) atoms. The van der Waals surface area contributed by atoms with Crippen molar-refractivity contribution in [3.05, 3.63) is 59.7 Å². The standard InChI is InChI=1S/C25H27N3O2S/c26-18-20-8-2-4-10-22(20)31-23-11-5-3-9-21(23)25(30)28-16-12-19(13-17-28)24(29)27-14-6-1-7-15-27/h2-5,8-11,19H,1,6-7,12-17H2. The molecule has 2 heterocycles. The number of likely N-dealkylation sites (tertiary alicyclic amines) is 2. The Labute approximate surface area is 188 Å². The molecule has 0 aromatic heterocycles. The van der Waals surface area contributed by atoms with Gasteiger partial charge in [-0.3, -0.25) is 9.59 Å². The van der Waals surface area contributed by atoms with Gasteiger partial charge < -0.3 is 9.80 Å². The molecule has 0 N–H and O–H groups in total. The molecule has 6 heteroatoms. The summed E-state index contributed by atoms with van der Waals surface area (Å²) in [7, 11) is 0. The minimum atomic E-state index is 0.00131. The van der Waals surface area contributed by atoms with Crippen LogP contribution in [0, 0.1) is 17.2 Å². The maximum Gasteiger partial charge on any atom is 0.255 e. The van der Waals surface area contributed by atoms with Gasteiger partial charge in [-0.15, -0.1) is 0 Å². The van der Waals surface area contributed by atoms with Crippen LogP contribution in [0.25, 0.3) is 0 Å². The molecule has 0 radical (unpaired) electrons. The Bertz CT molecular complexity index is 986. The average Bonchev–Trinajstić information content (AvgIpc) is 2.84. The van der Waals surface area contributed by atoms with Crippen LogP contribution in [-0.2, 0) is 4.79 Å². The zero-order valence-electron chi connectivity index (χ0n) is 17.6. The Hall–Kier alpha value is -2.78. The highest BCUT2D eigenvalue weighted by molar-refractivity contribution is 7.99. The number of nitrogens with zero attached hydrogens (tertiary/aromatic N) is 3. The van der Waals surface area contributed by atoms with Crippen molar-refractivity contribution in [1.29, 1.82) is 5.26 Å². The average molecular weight is 434 g/mol. The monoisotopic (exact) mass is 433 g/mol. The molecule has 0 atom stereocenters. The topological polar surface area (TPSA) is 64.4 Å². The van der Waals surface area contributed by atoms with E-state index in [4.69, 9.17) is 0 Å². The third-order valence-corrected chi connectivity index (χ3v) is 7.30. The summed E-state index contributed by atoms with van der Waals surface area (Å²) in [5.74, 6) is 0.312. The molecular weight excluding hydrogens is 406 g/mol. The molecule has 0 bridgehead atoms. The SMILES string of the molecule is N#Cc1ccccc1Sc1ccccc1C(=O)N1CCC(C(=O)N2CCCCC2)CC1. The van der Waals surface area contributed by atoms with Crippen molar-refractivity contribution in [3.63, 3.8) is 0 Å². The van der Waals surface area contributed by atoms with Crippen molar-refractivity contribution < 1.29 is 9.59 Å². The molecule has 0 spiro atoms. The molecule has 0 saturated carbocycles. The molecule has 0 aliphatic carbocycles. The third-order valence-electron chi connectivity index (χ3n) is 6.14. The van der Waals surface area contributed by atoms with Gasteiger partial charge in [0.2, 0.25) is 5.91 Å². The van der Waals surface area contributed by atoms with E-state index in [2.05, 4.69) is 6.07 Å². The lowest BCUT2D eigenvalue weighted by atomic mass is 9.94. The lowest BCUT2D eigenvalue weighted by molar-refractivity contribution is -0.137. The van der Waals surface area contributed by atoms with Gasteiger partial charge in [0.05, 0.1) is 11.1 Å². The Morgan fingerprint density at radius 1 is 0.839 bits per heavy atom. The van der Waals surface area contributed by atoms with Gasteiger partial charge in [0.1, 0.15) is 6.07 Å². The van der Waals surface area contributed by atoms with Crippen LogP contribution in [-0.4, -0.2) is 47.8 Å². The Balaban J connectivity index is 1.43. The van der Waals surface area contributed by atoms with Crippen LogP contribution in [0.1, 0.15) is 48.0 Å². The van der Waals surface area contributed by atoms with E-state index in [1.807, 2.05) is 52.3 Å². The Morgan fingerprint density at radius 2 is 1.48 bits per heavy atom. The van der Waals surface area contributed by atoms with E-state index in [0.29, 0.717) is 24.2 Å². The van der Waals surface area contributed by atoms with Crippen molar-refractivity contribution in [3.8, 4) is 6.07 Å². The number of nitriles is 1. The molecule has 2 aliphatic rings. The molecule has 160 valence electrons. The number of benzene rings is 2. The summed E-state index contributed by atoms with van der Waals surface area (Å²) < 4.78 is 0.